The molecule has 3 aromatic rings. The number of hydrogen-bond acceptors (Lipinski definition) is 6. The van der Waals surface area contributed by atoms with Crippen LogP contribution in [0.25, 0.3) is 0 Å². The van der Waals surface area contributed by atoms with Crippen LogP contribution in [0.2, 0.25) is 0 Å². The normalized spacial score (nSPS) is 13.6. The van der Waals surface area contributed by atoms with E-state index < -0.39 is 0 Å². The molecule has 2 aromatic carbocycles. The zero-order chi connectivity index (χ0) is 20.9. The lowest BCUT2D eigenvalue weighted by atomic mass is 9.95. The van der Waals surface area contributed by atoms with E-state index in [0.717, 1.165) is 17.0 Å². The zero-order valence-corrected chi connectivity index (χ0v) is 17.0. The van der Waals surface area contributed by atoms with Gasteiger partial charge in [0.25, 0.3) is 5.91 Å². The van der Waals surface area contributed by atoms with E-state index in [1.54, 1.807) is 30.6 Å². The Morgan fingerprint density at radius 1 is 0.967 bits per heavy atom. The van der Waals surface area contributed by atoms with Gasteiger partial charge in [0.05, 0.1) is 6.04 Å². The van der Waals surface area contributed by atoms with Gasteiger partial charge in [0.2, 0.25) is 5.95 Å². The Bertz CT molecular complexity index is 1020. The molecule has 0 radical (unpaired) electrons. The van der Waals surface area contributed by atoms with E-state index in [0.29, 0.717) is 30.5 Å². The van der Waals surface area contributed by atoms with Crippen molar-refractivity contribution >= 4 is 17.5 Å². The predicted octanol–water partition coefficient (Wildman–Crippen LogP) is 4.12. The van der Waals surface area contributed by atoms with Crippen LogP contribution in [0.4, 0.5) is 11.6 Å². The summed E-state index contributed by atoms with van der Waals surface area (Å²) in [5.74, 6) is 1.97. The SMILES string of the molecule is CC(C)[C@@H](NC(=O)c1cccc(Nc2ncccn2)c1)c1ccc2c(c1)OCCO2. The molecule has 1 aliphatic rings. The number of carbonyl (C=O) groups is 1. The molecule has 1 aliphatic heterocycles. The summed E-state index contributed by atoms with van der Waals surface area (Å²) in [6.07, 6.45) is 3.32. The second kappa shape index (κ2) is 8.82. The van der Waals surface area contributed by atoms with E-state index in [1.807, 2.05) is 30.3 Å². The number of amides is 1. The largest absolute Gasteiger partial charge is 0.486 e. The molecule has 1 atom stereocenters. The van der Waals surface area contributed by atoms with Gasteiger partial charge in [-0.2, -0.15) is 0 Å². The van der Waals surface area contributed by atoms with Gasteiger partial charge in [0.1, 0.15) is 13.2 Å². The average Bonchev–Trinajstić information content (AvgIpc) is 2.77. The fourth-order valence-corrected chi connectivity index (χ4v) is 3.34. The Labute approximate surface area is 175 Å². The van der Waals surface area contributed by atoms with Gasteiger partial charge < -0.3 is 20.1 Å². The minimum Gasteiger partial charge on any atom is -0.486 e. The first kappa shape index (κ1) is 19.7. The molecule has 2 heterocycles. The molecule has 0 fully saturated rings. The molecule has 0 aliphatic carbocycles. The number of ether oxygens (including phenoxy) is 2. The van der Waals surface area contributed by atoms with Crippen LogP contribution in [-0.4, -0.2) is 29.1 Å². The summed E-state index contributed by atoms with van der Waals surface area (Å²) in [6.45, 7) is 5.23. The molecule has 7 nitrogen and oxygen atoms in total. The number of hydrogen-bond donors (Lipinski definition) is 2. The zero-order valence-electron chi connectivity index (χ0n) is 17.0. The first-order chi connectivity index (χ1) is 14.6. The van der Waals surface area contributed by atoms with Crippen molar-refractivity contribution in [3.8, 4) is 11.5 Å². The maximum Gasteiger partial charge on any atom is 0.251 e. The van der Waals surface area contributed by atoms with Gasteiger partial charge in [-0.3, -0.25) is 4.79 Å². The molecule has 0 spiro atoms. The number of rotatable bonds is 6. The van der Waals surface area contributed by atoms with Gasteiger partial charge in [-0.25, -0.2) is 9.97 Å². The lowest BCUT2D eigenvalue weighted by Gasteiger charge is -2.25. The molecule has 4 rings (SSSR count). The van der Waals surface area contributed by atoms with Crippen molar-refractivity contribution in [2.75, 3.05) is 18.5 Å². The highest BCUT2D eigenvalue weighted by Crippen LogP contribution is 2.34. The van der Waals surface area contributed by atoms with Crippen LogP contribution in [0, 0.1) is 5.92 Å². The molecule has 0 saturated carbocycles. The molecule has 0 unspecified atom stereocenters. The van der Waals surface area contributed by atoms with Crippen LogP contribution in [-0.2, 0) is 0 Å². The van der Waals surface area contributed by atoms with E-state index in [1.165, 1.54) is 0 Å². The fourth-order valence-electron chi connectivity index (χ4n) is 3.34. The molecular weight excluding hydrogens is 380 g/mol. The second-order valence-corrected chi connectivity index (χ2v) is 7.38. The number of carbonyl (C=O) groups excluding carboxylic acids is 1. The lowest BCUT2D eigenvalue weighted by molar-refractivity contribution is 0.0925. The van der Waals surface area contributed by atoms with Crippen molar-refractivity contribution in [2.24, 2.45) is 5.92 Å². The minimum absolute atomic E-state index is 0.152. The third-order valence-electron chi connectivity index (χ3n) is 4.83. The second-order valence-electron chi connectivity index (χ2n) is 7.38. The number of nitrogens with one attached hydrogen (secondary N) is 2. The third kappa shape index (κ3) is 4.51. The van der Waals surface area contributed by atoms with Gasteiger partial charge in [-0.1, -0.05) is 26.0 Å². The monoisotopic (exact) mass is 404 g/mol. The van der Waals surface area contributed by atoms with Gasteiger partial charge in [-0.15, -0.1) is 0 Å². The summed E-state index contributed by atoms with van der Waals surface area (Å²) in [7, 11) is 0. The van der Waals surface area contributed by atoms with E-state index in [9.17, 15) is 4.79 Å². The highest BCUT2D eigenvalue weighted by atomic mass is 16.6. The summed E-state index contributed by atoms with van der Waals surface area (Å²) in [6, 6.07) is 14.7. The molecule has 2 N–H and O–H groups in total. The van der Waals surface area contributed by atoms with E-state index in [4.69, 9.17) is 9.47 Å². The van der Waals surface area contributed by atoms with Gasteiger partial charge in [0.15, 0.2) is 11.5 Å². The summed E-state index contributed by atoms with van der Waals surface area (Å²) in [4.78, 5) is 21.3. The molecule has 1 aromatic heterocycles. The topological polar surface area (TPSA) is 85.4 Å². The molecular formula is C23H24N4O3. The first-order valence-electron chi connectivity index (χ1n) is 9.94. The number of aromatic nitrogens is 2. The standard InChI is InChI=1S/C23H24N4O3/c1-15(2)21(16-7-8-19-20(14-16)30-12-11-29-19)27-22(28)17-5-3-6-18(13-17)26-23-24-9-4-10-25-23/h3-10,13-15,21H,11-12H2,1-2H3,(H,27,28)(H,24,25,26)/t21-/m1/s1. The van der Waals surface area contributed by atoms with Crippen LogP contribution in [0.3, 0.4) is 0 Å². The molecule has 1 amide bonds. The van der Waals surface area contributed by atoms with Crippen molar-refractivity contribution in [1.29, 1.82) is 0 Å². The number of anilines is 2. The Kier molecular flexibility index (Phi) is 5.79. The summed E-state index contributed by atoms with van der Waals surface area (Å²) in [5.41, 5.74) is 2.28. The Hall–Kier alpha value is -3.61. The van der Waals surface area contributed by atoms with Crippen molar-refractivity contribution in [3.05, 3.63) is 72.1 Å². The van der Waals surface area contributed by atoms with Crippen LogP contribution < -0.4 is 20.1 Å². The van der Waals surface area contributed by atoms with Crippen molar-refractivity contribution in [1.82, 2.24) is 15.3 Å². The van der Waals surface area contributed by atoms with Crippen molar-refractivity contribution in [2.45, 2.75) is 19.9 Å². The van der Waals surface area contributed by atoms with Crippen molar-refractivity contribution in [3.63, 3.8) is 0 Å². The highest BCUT2D eigenvalue weighted by Gasteiger charge is 2.22. The molecule has 7 heteroatoms. The van der Waals surface area contributed by atoms with Crippen LogP contribution >= 0.6 is 0 Å². The Morgan fingerprint density at radius 2 is 1.73 bits per heavy atom. The molecule has 0 saturated heterocycles. The Balaban J connectivity index is 1.52. The van der Waals surface area contributed by atoms with E-state index in [2.05, 4.69) is 34.4 Å². The summed E-state index contributed by atoms with van der Waals surface area (Å²) in [5, 5.41) is 6.26. The number of fused-ring (bicyclic) bond motifs is 1. The molecule has 0 bridgehead atoms. The maximum absolute atomic E-state index is 13.0. The lowest BCUT2D eigenvalue weighted by Crippen LogP contribution is -2.32. The van der Waals surface area contributed by atoms with Gasteiger partial charge >= 0.3 is 0 Å². The first-order valence-corrected chi connectivity index (χ1v) is 9.94. The Morgan fingerprint density at radius 3 is 2.50 bits per heavy atom. The van der Waals surface area contributed by atoms with Crippen molar-refractivity contribution < 1.29 is 14.3 Å². The highest BCUT2D eigenvalue weighted by molar-refractivity contribution is 5.95. The van der Waals surface area contributed by atoms with Gasteiger partial charge in [0, 0.05) is 23.6 Å². The predicted molar refractivity (Wildman–Crippen MR) is 114 cm³/mol. The fraction of sp³-hybridized carbons (Fsp3) is 0.261. The molecule has 30 heavy (non-hydrogen) atoms. The number of nitrogens with zero attached hydrogens (tertiary/aromatic N) is 2. The summed E-state index contributed by atoms with van der Waals surface area (Å²) < 4.78 is 11.3. The number of benzene rings is 2. The molecule has 154 valence electrons. The summed E-state index contributed by atoms with van der Waals surface area (Å²) >= 11 is 0. The smallest absolute Gasteiger partial charge is 0.251 e. The average molecular weight is 404 g/mol. The van der Waals surface area contributed by atoms with Crippen LogP contribution in [0.15, 0.2) is 60.9 Å². The van der Waals surface area contributed by atoms with Gasteiger partial charge in [-0.05, 0) is 47.9 Å². The quantitative estimate of drug-likeness (QED) is 0.643. The van der Waals surface area contributed by atoms with Crippen LogP contribution in [0.1, 0.15) is 35.8 Å². The third-order valence-corrected chi connectivity index (χ3v) is 4.83. The van der Waals surface area contributed by atoms with E-state index >= 15 is 0 Å². The minimum atomic E-state index is -0.164. The van der Waals surface area contributed by atoms with Crippen LogP contribution in [0.5, 0.6) is 11.5 Å². The maximum atomic E-state index is 13.0. The van der Waals surface area contributed by atoms with E-state index in [-0.39, 0.29) is 17.9 Å².